The Kier molecular flexibility index (Phi) is 2.85. The maximum Gasteiger partial charge on any atom is 0.358 e. The number of hydrogen-bond acceptors (Lipinski definition) is 4. The third kappa shape index (κ3) is 2.09. The summed E-state index contributed by atoms with van der Waals surface area (Å²) in [7, 11) is 2.98. The second kappa shape index (κ2) is 3.91. The van der Waals surface area contributed by atoms with E-state index in [2.05, 4.69) is 9.84 Å². The van der Waals surface area contributed by atoms with Crippen molar-refractivity contribution in [2.24, 2.45) is 12.8 Å². The van der Waals surface area contributed by atoms with Gasteiger partial charge in [-0.25, -0.2) is 4.79 Å². The minimum Gasteiger partial charge on any atom is -0.464 e. The summed E-state index contributed by atoms with van der Waals surface area (Å²) >= 11 is 0. The molecule has 14 heavy (non-hydrogen) atoms. The van der Waals surface area contributed by atoms with E-state index in [1.807, 2.05) is 0 Å². The maximum absolute atomic E-state index is 11.1. The fourth-order valence-electron chi connectivity index (χ4n) is 1.07. The van der Waals surface area contributed by atoms with Gasteiger partial charge in [-0.2, -0.15) is 5.10 Å². The van der Waals surface area contributed by atoms with Crippen LogP contribution in [0.4, 0.5) is 0 Å². The van der Waals surface area contributed by atoms with Crippen molar-refractivity contribution in [3.63, 3.8) is 0 Å². The molecule has 1 rings (SSSR count). The number of amidine groups is 1. The van der Waals surface area contributed by atoms with Gasteiger partial charge in [-0.05, 0) is 6.07 Å². The summed E-state index contributed by atoms with van der Waals surface area (Å²) < 4.78 is 6.02. The number of rotatable bonds is 3. The first-order valence-corrected chi connectivity index (χ1v) is 3.98. The SMILES string of the molecule is COC(=O)c1cc(CC(=N)N)n(C)n1. The minimum absolute atomic E-state index is 0.0319. The molecule has 0 spiro atoms. The van der Waals surface area contributed by atoms with E-state index in [4.69, 9.17) is 11.1 Å². The van der Waals surface area contributed by atoms with Crippen molar-refractivity contribution < 1.29 is 9.53 Å². The van der Waals surface area contributed by atoms with E-state index in [9.17, 15) is 4.79 Å². The molecule has 3 N–H and O–H groups in total. The Morgan fingerprint density at radius 3 is 2.93 bits per heavy atom. The summed E-state index contributed by atoms with van der Waals surface area (Å²) in [5.74, 6) is -0.459. The van der Waals surface area contributed by atoms with Crippen LogP contribution in [0.2, 0.25) is 0 Å². The topological polar surface area (TPSA) is 94.0 Å². The van der Waals surface area contributed by atoms with E-state index >= 15 is 0 Å². The van der Waals surface area contributed by atoms with Gasteiger partial charge in [-0.15, -0.1) is 0 Å². The molecular weight excluding hydrogens is 184 g/mol. The molecule has 76 valence electrons. The normalized spacial score (nSPS) is 9.86. The first-order chi connectivity index (χ1) is 6.54. The Hall–Kier alpha value is -1.85. The Morgan fingerprint density at radius 1 is 1.79 bits per heavy atom. The molecule has 0 amide bonds. The number of esters is 1. The molecule has 0 aliphatic heterocycles. The van der Waals surface area contributed by atoms with Crippen molar-refractivity contribution in [3.8, 4) is 0 Å². The fraction of sp³-hybridized carbons (Fsp3) is 0.375. The zero-order valence-corrected chi connectivity index (χ0v) is 8.07. The molecule has 6 nitrogen and oxygen atoms in total. The van der Waals surface area contributed by atoms with Gasteiger partial charge in [0.25, 0.3) is 0 Å². The highest BCUT2D eigenvalue weighted by Crippen LogP contribution is 2.04. The van der Waals surface area contributed by atoms with Crippen LogP contribution < -0.4 is 5.73 Å². The van der Waals surface area contributed by atoms with Crippen molar-refractivity contribution in [1.29, 1.82) is 5.41 Å². The summed E-state index contributed by atoms with van der Waals surface area (Å²) in [6.07, 6.45) is 0.278. The number of methoxy groups -OCH3 is 1. The summed E-state index contributed by atoms with van der Waals surface area (Å²) in [5.41, 5.74) is 6.17. The molecule has 0 fully saturated rings. The predicted molar refractivity (Wildman–Crippen MR) is 50.2 cm³/mol. The molecule has 0 saturated carbocycles. The summed E-state index contributed by atoms with van der Waals surface area (Å²) in [6, 6.07) is 1.56. The smallest absolute Gasteiger partial charge is 0.358 e. The Bertz CT molecular complexity index is 369. The third-order valence-corrected chi connectivity index (χ3v) is 1.74. The van der Waals surface area contributed by atoms with Crippen LogP contribution in [0.1, 0.15) is 16.2 Å². The standard InChI is InChI=1S/C8H12N4O2/c1-12-5(4-7(9)10)3-6(11-12)8(13)14-2/h3H,4H2,1-2H3,(H3,9,10). The summed E-state index contributed by atoms with van der Waals surface area (Å²) in [4.78, 5) is 11.1. The summed E-state index contributed by atoms with van der Waals surface area (Å²) in [6.45, 7) is 0. The van der Waals surface area contributed by atoms with Gasteiger partial charge in [0, 0.05) is 19.2 Å². The van der Waals surface area contributed by atoms with E-state index in [1.54, 1.807) is 13.1 Å². The molecule has 0 aliphatic rings. The number of carbonyl (C=O) groups is 1. The largest absolute Gasteiger partial charge is 0.464 e. The van der Waals surface area contributed by atoms with Gasteiger partial charge < -0.3 is 10.5 Å². The van der Waals surface area contributed by atoms with Crippen LogP contribution >= 0.6 is 0 Å². The molecule has 0 unspecified atom stereocenters. The molecule has 0 aliphatic carbocycles. The third-order valence-electron chi connectivity index (χ3n) is 1.74. The van der Waals surface area contributed by atoms with E-state index in [1.165, 1.54) is 11.8 Å². The number of nitrogens with two attached hydrogens (primary N) is 1. The Labute approximate surface area is 81.2 Å². The second-order valence-corrected chi connectivity index (χ2v) is 2.84. The van der Waals surface area contributed by atoms with Crippen molar-refractivity contribution in [1.82, 2.24) is 9.78 Å². The van der Waals surface area contributed by atoms with Gasteiger partial charge in [0.2, 0.25) is 0 Å². The van der Waals surface area contributed by atoms with E-state index < -0.39 is 5.97 Å². The van der Waals surface area contributed by atoms with Crippen LogP contribution in [0.25, 0.3) is 0 Å². The van der Waals surface area contributed by atoms with E-state index in [0.717, 1.165) is 0 Å². The Balaban J connectivity index is 2.93. The van der Waals surface area contributed by atoms with Gasteiger partial charge >= 0.3 is 5.97 Å². The quantitative estimate of drug-likeness (QED) is 0.393. The number of ether oxygens (including phenoxy) is 1. The number of aryl methyl sites for hydroxylation is 1. The lowest BCUT2D eigenvalue weighted by atomic mass is 10.2. The highest BCUT2D eigenvalue weighted by molar-refractivity contribution is 5.87. The monoisotopic (exact) mass is 196 g/mol. The molecule has 0 saturated heterocycles. The van der Waals surface area contributed by atoms with Crippen molar-refractivity contribution in [2.75, 3.05) is 7.11 Å². The lowest BCUT2D eigenvalue weighted by Gasteiger charge is -1.97. The van der Waals surface area contributed by atoms with Gasteiger partial charge in [-0.3, -0.25) is 10.1 Å². The zero-order chi connectivity index (χ0) is 10.7. The number of carbonyl (C=O) groups excluding carboxylic acids is 1. The minimum atomic E-state index is -0.490. The number of hydrogen-bond donors (Lipinski definition) is 2. The molecular formula is C8H12N4O2. The van der Waals surface area contributed by atoms with E-state index in [0.29, 0.717) is 5.69 Å². The van der Waals surface area contributed by atoms with E-state index in [-0.39, 0.29) is 18.0 Å². The number of nitrogens with one attached hydrogen (secondary N) is 1. The molecule has 6 heteroatoms. The summed E-state index contributed by atoms with van der Waals surface area (Å²) in [5, 5.41) is 11.0. The molecule has 0 atom stereocenters. The van der Waals surface area contributed by atoms with Crippen LogP contribution in [0.3, 0.4) is 0 Å². The molecule has 0 aromatic carbocycles. The van der Waals surface area contributed by atoms with Crippen molar-refractivity contribution in [2.45, 2.75) is 6.42 Å². The van der Waals surface area contributed by atoms with Crippen LogP contribution in [-0.4, -0.2) is 28.7 Å². The highest BCUT2D eigenvalue weighted by atomic mass is 16.5. The number of nitrogens with zero attached hydrogens (tertiary/aromatic N) is 2. The molecule has 1 heterocycles. The van der Waals surface area contributed by atoms with Gasteiger partial charge in [-0.1, -0.05) is 0 Å². The Morgan fingerprint density at radius 2 is 2.43 bits per heavy atom. The fourth-order valence-corrected chi connectivity index (χ4v) is 1.07. The lowest BCUT2D eigenvalue weighted by molar-refractivity contribution is 0.0593. The van der Waals surface area contributed by atoms with Crippen molar-refractivity contribution >= 4 is 11.8 Å². The van der Waals surface area contributed by atoms with Crippen LogP contribution in [0.5, 0.6) is 0 Å². The lowest BCUT2D eigenvalue weighted by Crippen LogP contribution is -2.15. The van der Waals surface area contributed by atoms with Crippen LogP contribution in [0, 0.1) is 5.41 Å². The average Bonchev–Trinajstić information content (AvgIpc) is 2.46. The predicted octanol–water partition coefficient (Wildman–Crippen LogP) is -0.315. The van der Waals surface area contributed by atoms with Gasteiger partial charge in [0.05, 0.1) is 12.9 Å². The molecule has 1 aromatic heterocycles. The zero-order valence-electron chi connectivity index (χ0n) is 8.07. The first kappa shape index (κ1) is 10.2. The molecule has 0 bridgehead atoms. The van der Waals surface area contributed by atoms with Crippen molar-refractivity contribution in [3.05, 3.63) is 17.5 Å². The first-order valence-electron chi connectivity index (χ1n) is 3.98. The van der Waals surface area contributed by atoms with Gasteiger partial charge in [0.15, 0.2) is 5.69 Å². The van der Waals surface area contributed by atoms with Gasteiger partial charge in [0.1, 0.15) is 0 Å². The number of aromatic nitrogens is 2. The molecule has 1 aromatic rings. The van der Waals surface area contributed by atoms with Crippen LogP contribution in [0.15, 0.2) is 6.07 Å². The second-order valence-electron chi connectivity index (χ2n) is 2.84. The maximum atomic E-state index is 11.1. The molecule has 0 radical (unpaired) electrons. The van der Waals surface area contributed by atoms with Crippen LogP contribution in [-0.2, 0) is 18.2 Å². The highest BCUT2D eigenvalue weighted by Gasteiger charge is 2.12. The average molecular weight is 196 g/mol.